The average molecular weight is 373 g/mol. The Hall–Kier alpha value is -3.30. The van der Waals surface area contributed by atoms with Crippen LogP contribution in [-0.4, -0.2) is 52.9 Å². The van der Waals surface area contributed by atoms with Crippen LogP contribution in [0.5, 0.6) is 11.5 Å². The van der Waals surface area contributed by atoms with Crippen LogP contribution in [0.2, 0.25) is 0 Å². The molecule has 1 atom stereocenters. The fraction of sp³-hybridized carbons (Fsp3) is 0.412. The largest absolute Gasteiger partial charge is 0.454 e. The van der Waals surface area contributed by atoms with Crippen molar-refractivity contribution in [1.29, 1.82) is 0 Å². The number of rotatable bonds is 4. The van der Waals surface area contributed by atoms with Gasteiger partial charge in [0, 0.05) is 31.6 Å². The highest BCUT2D eigenvalue weighted by Gasteiger charge is 2.26. The highest BCUT2D eigenvalue weighted by molar-refractivity contribution is 5.75. The summed E-state index contributed by atoms with van der Waals surface area (Å²) in [6.07, 6.45) is 0.740. The molecule has 1 aromatic heterocycles. The van der Waals surface area contributed by atoms with Gasteiger partial charge >= 0.3 is 6.03 Å². The molecule has 27 heavy (non-hydrogen) atoms. The maximum atomic E-state index is 12.2. The molecule has 2 aliphatic heterocycles. The molecule has 3 amide bonds. The van der Waals surface area contributed by atoms with Gasteiger partial charge in [-0.1, -0.05) is 5.16 Å². The smallest absolute Gasteiger partial charge is 0.317 e. The van der Waals surface area contributed by atoms with Gasteiger partial charge < -0.3 is 29.5 Å². The highest BCUT2D eigenvalue weighted by atomic mass is 16.7. The Morgan fingerprint density at radius 2 is 2.15 bits per heavy atom. The van der Waals surface area contributed by atoms with E-state index < -0.39 is 0 Å². The predicted molar refractivity (Wildman–Crippen MR) is 91.9 cm³/mol. The van der Waals surface area contributed by atoms with Crippen LogP contribution < -0.4 is 20.1 Å². The third-order valence-corrected chi connectivity index (χ3v) is 4.37. The van der Waals surface area contributed by atoms with Crippen molar-refractivity contribution in [1.82, 2.24) is 25.7 Å². The molecule has 4 rings (SSSR count). The number of nitrogens with one attached hydrogen (secondary N) is 2. The molecule has 2 aromatic rings. The van der Waals surface area contributed by atoms with E-state index in [1.165, 1.54) is 6.92 Å². The minimum atomic E-state index is -0.225. The first-order valence-corrected chi connectivity index (χ1v) is 8.61. The third-order valence-electron chi connectivity index (χ3n) is 4.37. The van der Waals surface area contributed by atoms with E-state index in [2.05, 4.69) is 20.8 Å². The van der Waals surface area contributed by atoms with Crippen molar-refractivity contribution in [3.8, 4) is 23.0 Å². The third kappa shape index (κ3) is 3.78. The van der Waals surface area contributed by atoms with Gasteiger partial charge in [0.25, 0.3) is 5.89 Å². The van der Waals surface area contributed by atoms with Crippen molar-refractivity contribution < 1.29 is 23.6 Å². The van der Waals surface area contributed by atoms with Gasteiger partial charge in [-0.05, 0) is 24.6 Å². The molecule has 0 spiro atoms. The summed E-state index contributed by atoms with van der Waals surface area (Å²) in [5.41, 5.74) is 0.710. The molecule has 0 bridgehead atoms. The van der Waals surface area contributed by atoms with Crippen molar-refractivity contribution in [3.63, 3.8) is 0 Å². The molecule has 1 saturated heterocycles. The lowest BCUT2D eigenvalue weighted by molar-refractivity contribution is -0.119. The Labute approximate surface area is 154 Å². The normalized spacial score (nSPS) is 17.8. The van der Waals surface area contributed by atoms with Crippen molar-refractivity contribution >= 4 is 11.9 Å². The summed E-state index contributed by atoms with van der Waals surface area (Å²) in [6.45, 7) is 2.88. The SMILES string of the molecule is CC(=O)N[C@@H]1CCN(C(=O)NCc2noc(-c3ccc4c(c3)OCO4)n2)C1. The number of amides is 3. The Kier molecular flexibility index (Phi) is 4.53. The molecule has 0 radical (unpaired) electrons. The topological polar surface area (TPSA) is 119 Å². The summed E-state index contributed by atoms with van der Waals surface area (Å²) in [7, 11) is 0. The quantitative estimate of drug-likeness (QED) is 0.817. The second-order valence-electron chi connectivity index (χ2n) is 6.37. The number of carbonyl (C=O) groups is 2. The Balaban J connectivity index is 1.32. The zero-order valence-electron chi connectivity index (χ0n) is 14.7. The maximum Gasteiger partial charge on any atom is 0.317 e. The second-order valence-corrected chi connectivity index (χ2v) is 6.37. The van der Waals surface area contributed by atoms with E-state index in [9.17, 15) is 9.59 Å². The van der Waals surface area contributed by atoms with Gasteiger partial charge in [-0.3, -0.25) is 4.79 Å². The zero-order valence-corrected chi connectivity index (χ0v) is 14.7. The standard InChI is InChI=1S/C17H19N5O5/c1-10(23)19-12-4-5-22(8-12)17(24)18-7-15-20-16(27-21-15)11-2-3-13-14(6-11)26-9-25-13/h2-3,6,12H,4-5,7-9H2,1H3,(H,18,24)(H,19,23)/t12-/m1/s1. The van der Waals surface area contributed by atoms with Crippen LogP contribution in [0.1, 0.15) is 19.2 Å². The maximum absolute atomic E-state index is 12.2. The molecule has 10 heteroatoms. The van der Waals surface area contributed by atoms with Crippen molar-refractivity contribution in [2.45, 2.75) is 25.9 Å². The minimum absolute atomic E-state index is 0.00367. The number of aromatic nitrogens is 2. The summed E-state index contributed by atoms with van der Waals surface area (Å²) in [6, 6.07) is 5.12. The van der Waals surface area contributed by atoms with Gasteiger partial charge in [0.1, 0.15) is 0 Å². The number of nitrogens with zero attached hydrogens (tertiary/aromatic N) is 3. The summed E-state index contributed by atoms with van der Waals surface area (Å²) in [5.74, 6) is 1.92. The lowest BCUT2D eigenvalue weighted by Gasteiger charge is -2.16. The van der Waals surface area contributed by atoms with Gasteiger partial charge in [-0.15, -0.1) is 0 Å². The number of fused-ring (bicyclic) bond motifs is 1. The summed E-state index contributed by atoms with van der Waals surface area (Å²) in [4.78, 5) is 29.3. The number of hydrogen-bond acceptors (Lipinski definition) is 7. The highest BCUT2D eigenvalue weighted by Crippen LogP contribution is 2.35. The molecule has 0 aliphatic carbocycles. The predicted octanol–water partition coefficient (Wildman–Crippen LogP) is 0.885. The Bertz CT molecular complexity index is 867. The van der Waals surface area contributed by atoms with E-state index in [-0.39, 0.29) is 31.3 Å². The van der Waals surface area contributed by atoms with Gasteiger partial charge in [-0.25, -0.2) is 4.79 Å². The van der Waals surface area contributed by atoms with E-state index in [4.69, 9.17) is 14.0 Å². The van der Waals surface area contributed by atoms with E-state index in [1.807, 2.05) is 0 Å². The average Bonchev–Trinajstić information content (AvgIpc) is 3.38. The van der Waals surface area contributed by atoms with Gasteiger partial charge in [0.05, 0.1) is 6.54 Å². The number of ether oxygens (including phenoxy) is 2. The molecule has 0 saturated carbocycles. The minimum Gasteiger partial charge on any atom is -0.454 e. The van der Waals surface area contributed by atoms with Crippen LogP contribution in [0, 0.1) is 0 Å². The van der Waals surface area contributed by atoms with Crippen LogP contribution in [0.4, 0.5) is 4.79 Å². The summed E-state index contributed by atoms with van der Waals surface area (Å²) in [5, 5.41) is 9.48. The first-order chi connectivity index (χ1) is 13.1. The number of likely N-dealkylation sites (tertiary alicyclic amines) is 1. The monoisotopic (exact) mass is 373 g/mol. The van der Waals surface area contributed by atoms with Crippen molar-refractivity contribution in [3.05, 3.63) is 24.0 Å². The van der Waals surface area contributed by atoms with Crippen LogP contribution in [0.25, 0.3) is 11.5 Å². The number of benzene rings is 1. The Morgan fingerprint density at radius 3 is 3.00 bits per heavy atom. The van der Waals surface area contributed by atoms with E-state index in [1.54, 1.807) is 23.1 Å². The van der Waals surface area contributed by atoms with Crippen LogP contribution in [0.3, 0.4) is 0 Å². The first-order valence-electron chi connectivity index (χ1n) is 8.61. The van der Waals surface area contributed by atoms with Gasteiger partial charge in [0.2, 0.25) is 12.7 Å². The lowest BCUT2D eigenvalue weighted by Crippen LogP contribution is -2.41. The molecule has 3 heterocycles. The van der Waals surface area contributed by atoms with E-state index in [0.717, 1.165) is 6.42 Å². The fourth-order valence-electron chi connectivity index (χ4n) is 3.09. The summed E-state index contributed by atoms with van der Waals surface area (Å²) >= 11 is 0. The summed E-state index contributed by atoms with van der Waals surface area (Å²) < 4.78 is 15.9. The molecule has 2 N–H and O–H groups in total. The number of urea groups is 1. The molecule has 10 nitrogen and oxygen atoms in total. The molecule has 2 aliphatic rings. The fourth-order valence-corrected chi connectivity index (χ4v) is 3.09. The number of carbonyl (C=O) groups excluding carboxylic acids is 2. The zero-order chi connectivity index (χ0) is 18.8. The van der Waals surface area contributed by atoms with E-state index in [0.29, 0.717) is 41.9 Å². The van der Waals surface area contributed by atoms with Crippen LogP contribution in [0.15, 0.2) is 22.7 Å². The molecule has 1 fully saturated rings. The van der Waals surface area contributed by atoms with Crippen molar-refractivity contribution in [2.75, 3.05) is 19.9 Å². The lowest BCUT2D eigenvalue weighted by atomic mass is 10.2. The Morgan fingerprint density at radius 1 is 1.30 bits per heavy atom. The van der Waals surface area contributed by atoms with Crippen LogP contribution >= 0.6 is 0 Å². The second kappa shape index (κ2) is 7.14. The molecule has 1 aromatic carbocycles. The van der Waals surface area contributed by atoms with Crippen LogP contribution in [-0.2, 0) is 11.3 Å². The molecule has 0 unspecified atom stereocenters. The molecule has 142 valence electrons. The first kappa shape index (κ1) is 17.1. The van der Waals surface area contributed by atoms with E-state index >= 15 is 0 Å². The van der Waals surface area contributed by atoms with Crippen molar-refractivity contribution in [2.24, 2.45) is 0 Å². The van der Waals surface area contributed by atoms with Gasteiger partial charge in [0.15, 0.2) is 17.3 Å². The molecular weight excluding hydrogens is 354 g/mol. The number of hydrogen-bond donors (Lipinski definition) is 2. The van der Waals surface area contributed by atoms with Gasteiger partial charge in [-0.2, -0.15) is 4.98 Å². The molecular formula is C17H19N5O5.